The van der Waals surface area contributed by atoms with Crippen molar-refractivity contribution in [2.24, 2.45) is 5.92 Å². The highest BCUT2D eigenvalue weighted by Gasteiger charge is 2.45. The summed E-state index contributed by atoms with van der Waals surface area (Å²) in [4.78, 5) is -0.501. The monoisotopic (exact) mass is 302 g/mol. The smallest absolute Gasteiger partial charge is 0.207 e. The van der Waals surface area contributed by atoms with E-state index in [0.29, 0.717) is 0 Å². The molecule has 0 radical (unpaired) electrons. The molecule has 0 spiro atoms. The highest BCUT2D eigenvalue weighted by Crippen LogP contribution is 2.40. The molecular formula is C12H12ClFN2O2S. The molecule has 102 valence electrons. The van der Waals surface area contributed by atoms with Crippen LogP contribution in [0.1, 0.15) is 19.8 Å². The molecule has 1 aromatic carbocycles. The topological polar surface area (TPSA) is 70.0 Å². The van der Waals surface area contributed by atoms with Crippen LogP contribution in [0, 0.1) is 23.1 Å². The number of halogens is 2. The number of nitrogens with one attached hydrogen (secondary N) is 1. The van der Waals surface area contributed by atoms with E-state index in [0.717, 1.165) is 25.0 Å². The minimum absolute atomic E-state index is 0.0253. The molecule has 0 bridgehead atoms. The zero-order valence-corrected chi connectivity index (χ0v) is 11.7. The van der Waals surface area contributed by atoms with Crippen LogP contribution >= 0.6 is 11.6 Å². The molecule has 1 fully saturated rings. The van der Waals surface area contributed by atoms with Gasteiger partial charge < -0.3 is 0 Å². The van der Waals surface area contributed by atoms with Crippen LogP contribution in [0.2, 0.25) is 5.02 Å². The van der Waals surface area contributed by atoms with Crippen molar-refractivity contribution >= 4 is 21.6 Å². The molecule has 7 heteroatoms. The quantitative estimate of drug-likeness (QED) is 0.928. The first kappa shape index (κ1) is 14.3. The van der Waals surface area contributed by atoms with Gasteiger partial charge in [0.05, 0.1) is 6.07 Å². The maximum atomic E-state index is 13.7. The Morgan fingerprint density at radius 3 is 2.63 bits per heavy atom. The SMILES string of the molecule is C[C@@](C#N)(NS(=O)(=O)c1ccc(Cl)cc1F)C1CC1. The Kier molecular flexibility index (Phi) is 3.56. The Morgan fingerprint density at radius 1 is 1.53 bits per heavy atom. The highest BCUT2D eigenvalue weighted by molar-refractivity contribution is 7.89. The Bertz CT molecular complexity index is 652. The fourth-order valence-electron chi connectivity index (χ4n) is 1.89. The van der Waals surface area contributed by atoms with Crippen molar-refractivity contribution in [1.29, 1.82) is 5.26 Å². The van der Waals surface area contributed by atoms with Crippen molar-refractivity contribution in [3.63, 3.8) is 0 Å². The summed E-state index contributed by atoms with van der Waals surface area (Å²) in [5.41, 5.74) is -1.20. The van der Waals surface area contributed by atoms with E-state index in [1.54, 1.807) is 0 Å². The number of hydrogen-bond donors (Lipinski definition) is 1. The van der Waals surface area contributed by atoms with Gasteiger partial charge in [0.1, 0.15) is 16.3 Å². The summed E-state index contributed by atoms with van der Waals surface area (Å²) < 4.78 is 40.2. The number of sulfonamides is 1. The van der Waals surface area contributed by atoms with Crippen LogP contribution < -0.4 is 4.72 Å². The molecule has 4 nitrogen and oxygen atoms in total. The lowest BCUT2D eigenvalue weighted by Gasteiger charge is -2.22. The van der Waals surface area contributed by atoms with Gasteiger partial charge in [-0.05, 0) is 43.9 Å². The van der Waals surface area contributed by atoms with Crippen LogP contribution in [0.15, 0.2) is 23.1 Å². The van der Waals surface area contributed by atoms with Gasteiger partial charge in [0.2, 0.25) is 10.0 Å². The molecule has 1 atom stereocenters. The number of rotatable bonds is 4. The van der Waals surface area contributed by atoms with Gasteiger partial charge in [-0.2, -0.15) is 9.98 Å². The van der Waals surface area contributed by atoms with Gasteiger partial charge in [0, 0.05) is 5.02 Å². The van der Waals surface area contributed by atoms with Crippen LogP contribution in [0.5, 0.6) is 0 Å². The zero-order chi connectivity index (χ0) is 14.3. The van der Waals surface area contributed by atoms with Crippen LogP contribution in [0.4, 0.5) is 4.39 Å². The normalized spacial score (nSPS) is 18.6. The number of nitriles is 1. The van der Waals surface area contributed by atoms with Crippen LogP contribution in [0.25, 0.3) is 0 Å². The Hall–Kier alpha value is -1.16. The summed E-state index contributed by atoms with van der Waals surface area (Å²) in [6, 6.07) is 5.27. The van der Waals surface area contributed by atoms with E-state index < -0.39 is 26.3 Å². The lowest BCUT2D eigenvalue weighted by atomic mass is 10.0. The summed E-state index contributed by atoms with van der Waals surface area (Å²) in [5.74, 6) is -0.960. The second-order valence-electron chi connectivity index (χ2n) is 4.77. The van der Waals surface area contributed by atoms with Gasteiger partial charge >= 0.3 is 0 Å². The third kappa shape index (κ3) is 2.89. The van der Waals surface area contributed by atoms with E-state index >= 15 is 0 Å². The molecule has 1 aromatic rings. The predicted molar refractivity (Wildman–Crippen MR) is 68.5 cm³/mol. The van der Waals surface area contributed by atoms with E-state index in [1.165, 1.54) is 13.0 Å². The van der Waals surface area contributed by atoms with Crippen molar-refractivity contribution in [2.45, 2.75) is 30.2 Å². The standard InChI is InChI=1S/C12H12ClFN2O2S/c1-12(7-15,8-2-3-8)16-19(17,18)11-5-4-9(13)6-10(11)14/h4-6,8,16H,2-3H2,1H3/t12-/m0/s1. The van der Waals surface area contributed by atoms with Crippen molar-refractivity contribution in [2.75, 3.05) is 0 Å². The largest absolute Gasteiger partial charge is 0.244 e. The van der Waals surface area contributed by atoms with Gasteiger partial charge in [0.25, 0.3) is 0 Å². The van der Waals surface area contributed by atoms with Crippen molar-refractivity contribution in [3.05, 3.63) is 29.0 Å². The van der Waals surface area contributed by atoms with Gasteiger partial charge in [-0.1, -0.05) is 11.6 Å². The van der Waals surface area contributed by atoms with Crippen molar-refractivity contribution in [3.8, 4) is 6.07 Å². The Labute approximate surface area is 116 Å². The molecule has 0 unspecified atom stereocenters. The molecule has 1 N–H and O–H groups in total. The van der Waals surface area contributed by atoms with E-state index in [9.17, 15) is 12.8 Å². The first-order chi connectivity index (χ1) is 8.78. The number of nitrogens with zero attached hydrogens (tertiary/aromatic N) is 1. The van der Waals surface area contributed by atoms with Gasteiger partial charge in [0.15, 0.2) is 0 Å². The molecule has 0 amide bonds. The molecule has 0 saturated heterocycles. The molecule has 0 aromatic heterocycles. The van der Waals surface area contributed by atoms with E-state index in [-0.39, 0.29) is 10.9 Å². The van der Waals surface area contributed by atoms with E-state index in [4.69, 9.17) is 16.9 Å². The van der Waals surface area contributed by atoms with Crippen LogP contribution in [0.3, 0.4) is 0 Å². The average Bonchev–Trinajstić information content (AvgIpc) is 3.11. The average molecular weight is 303 g/mol. The third-order valence-electron chi connectivity index (χ3n) is 3.16. The molecule has 1 saturated carbocycles. The predicted octanol–water partition coefficient (Wildman–Crippen LogP) is 2.45. The second kappa shape index (κ2) is 4.75. The minimum Gasteiger partial charge on any atom is -0.207 e. The molecule has 1 aliphatic carbocycles. The maximum absolute atomic E-state index is 13.7. The van der Waals surface area contributed by atoms with E-state index in [2.05, 4.69) is 4.72 Å². The molecule has 0 heterocycles. The summed E-state index contributed by atoms with van der Waals surface area (Å²) >= 11 is 5.58. The first-order valence-corrected chi connectivity index (χ1v) is 7.55. The van der Waals surface area contributed by atoms with Gasteiger partial charge in [-0.15, -0.1) is 0 Å². The second-order valence-corrected chi connectivity index (χ2v) is 6.86. The lowest BCUT2D eigenvalue weighted by molar-refractivity contribution is 0.456. The number of benzene rings is 1. The Morgan fingerprint density at radius 2 is 2.16 bits per heavy atom. The lowest BCUT2D eigenvalue weighted by Crippen LogP contribution is -2.46. The number of hydrogen-bond acceptors (Lipinski definition) is 3. The van der Waals surface area contributed by atoms with Crippen LogP contribution in [-0.2, 0) is 10.0 Å². The third-order valence-corrected chi connectivity index (χ3v) is 4.99. The fraction of sp³-hybridized carbons (Fsp3) is 0.417. The molecule has 1 aliphatic rings. The summed E-state index contributed by atoms with van der Waals surface area (Å²) in [6.07, 6.45) is 1.57. The van der Waals surface area contributed by atoms with Gasteiger partial charge in [-0.3, -0.25) is 0 Å². The van der Waals surface area contributed by atoms with Crippen LogP contribution in [-0.4, -0.2) is 14.0 Å². The Balaban J connectivity index is 2.35. The molecule has 19 heavy (non-hydrogen) atoms. The molecular weight excluding hydrogens is 291 g/mol. The molecule has 2 rings (SSSR count). The fourth-order valence-corrected chi connectivity index (χ4v) is 3.49. The minimum atomic E-state index is -4.09. The van der Waals surface area contributed by atoms with Crippen molar-refractivity contribution in [1.82, 2.24) is 4.72 Å². The van der Waals surface area contributed by atoms with Crippen molar-refractivity contribution < 1.29 is 12.8 Å². The highest BCUT2D eigenvalue weighted by atomic mass is 35.5. The maximum Gasteiger partial charge on any atom is 0.244 e. The summed E-state index contributed by atoms with van der Waals surface area (Å²) in [5, 5.41) is 9.24. The van der Waals surface area contributed by atoms with Gasteiger partial charge in [-0.25, -0.2) is 12.8 Å². The van der Waals surface area contributed by atoms with E-state index in [1.807, 2.05) is 6.07 Å². The summed E-state index contributed by atoms with van der Waals surface area (Å²) in [6.45, 7) is 1.51. The molecule has 0 aliphatic heterocycles. The summed E-state index contributed by atoms with van der Waals surface area (Å²) in [7, 11) is -4.09. The zero-order valence-electron chi connectivity index (χ0n) is 10.2. The first-order valence-electron chi connectivity index (χ1n) is 5.69.